The number of hydrogen-bond donors (Lipinski definition) is 2. The van der Waals surface area contributed by atoms with Crippen molar-refractivity contribution in [3.63, 3.8) is 0 Å². The molecule has 3 aromatic carbocycles. The molecular formula is C24H24N2O4. The molecule has 30 heavy (non-hydrogen) atoms. The molecule has 0 fully saturated rings. The minimum absolute atomic E-state index is 0.0286. The molecule has 0 saturated heterocycles. The Hall–Kier alpha value is -3.80. The number of benzene rings is 3. The van der Waals surface area contributed by atoms with Crippen LogP contribution in [0.4, 0.5) is 0 Å². The normalized spacial score (nSPS) is 10.1. The van der Waals surface area contributed by atoms with Crippen molar-refractivity contribution in [1.82, 2.24) is 10.6 Å². The van der Waals surface area contributed by atoms with Crippen LogP contribution in [-0.2, 0) is 22.7 Å². The van der Waals surface area contributed by atoms with E-state index in [2.05, 4.69) is 10.6 Å². The Kier molecular flexibility index (Phi) is 7.85. The third-order valence-electron chi connectivity index (χ3n) is 4.23. The van der Waals surface area contributed by atoms with Crippen molar-refractivity contribution in [2.75, 3.05) is 13.2 Å². The van der Waals surface area contributed by atoms with Crippen molar-refractivity contribution in [2.45, 2.75) is 13.1 Å². The minimum atomic E-state index is -0.186. The number of hydrogen-bond acceptors (Lipinski definition) is 4. The molecule has 0 saturated carbocycles. The van der Waals surface area contributed by atoms with Crippen molar-refractivity contribution in [3.8, 4) is 11.5 Å². The van der Waals surface area contributed by atoms with Crippen molar-refractivity contribution in [2.24, 2.45) is 0 Å². The van der Waals surface area contributed by atoms with Crippen LogP contribution in [0.15, 0.2) is 84.9 Å². The van der Waals surface area contributed by atoms with Crippen LogP contribution < -0.4 is 20.1 Å². The van der Waals surface area contributed by atoms with Crippen LogP contribution in [0, 0.1) is 0 Å². The largest absolute Gasteiger partial charge is 0.484 e. The van der Waals surface area contributed by atoms with Crippen molar-refractivity contribution < 1.29 is 19.1 Å². The standard InChI is InChI=1S/C24H24N2O4/c27-23(17-29-21-7-3-1-4-8-21)25-15-19-11-13-20(14-12-19)16-26-24(28)18-30-22-9-5-2-6-10-22/h1-14H,15-18H2,(H,25,27)(H,26,28). The SMILES string of the molecule is O=C(COc1ccccc1)NCc1ccc(CNC(=O)COc2ccccc2)cc1. The zero-order chi connectivity index (χ0) is 21.0. The van der Waals surface area contributed by atoms with Crippen molar-refractivity contribution in [1.29, 1.82) is 0 Å². The quantitative estimate of drug-likeness (QED) is 0.545. The molecule has 0 aromatic heterocycles. The lowest BCUT2D eigenvalue weighted by molar-refractivity contribution is -0.124. The number of carbonyl (C=O) groups excluding carboxylic acids is 2. The van der Waals surface area contributed by atoms with Gasteiger partial charge < -0.3 is 20.1 Å². The predicted octanol–water partition coefficient (Wildman–Crippen LogP) is 3.08. The van der Waals surface area contributed by atoms with Gasteiger partial charge in [-0.2, -0.15) is 0 Å². The average Bonchev–Trinajstić information content (AvgIpc) is 2.80. The Balaban J connectivity index is 1.34. The molecule has 0 spiro atoms. The Morgan fingerprint density at radius 2 is 0.933 bits per heavy atom. The molecule has 0 radical (unpaired) electrons. The van der Waals surface area contributed by atoms with E-state index in [0.29, 0.717) is 24.6 Å². The number of amides is 2. The van der Waals surface area contributed by atoms with Crippen LogP contribution in [0.3, 0.4) is 0 Å². The van der Waals surface area contributed by atoms with E-state index in [-0.39, 0.29) is 25.0 Å². The highest BCUT2D eigenvalue weighted by atomic mass is 16.5. The van der Waals surface area contributed by atoms with Gasteiger partial charge >= 0.3 is 0 Å². The highest BCUT2D eigenvalue weighted by Crippen LogP contribution is 2.09. The summed E-state index contributed by atoms with van der Waals surface area (Å²) in [7, 11) is 0. The van der Waals surface area contributed by atoms with Gasteiger partial charge in [-0.25, -0.2) is 0 Å². The number of para-hydroxylation sites is 2. The first kappa shape index (κ1) is 20.9. The average molecular weight is 404 g/mol. The van der Waals surface area contributed by atoms with Crippen molar-refractivity contribution in [3.05, 3.63) is 96.1 Å². The van der Waals surface area contributed by atoms with Gasteiger partial charge in [-0.3, -0.25) is 9.59 Å². The first-order valence-corrected chi connectivity index (χ1v) is 9.66. The van der Waals surface area contributed by atoms with Crippen molar-refractivity contribution >= 4 is 11.8 Å². The minimum Gasteiger partial charge on any atom is -0.484 e. The van der Waals surface area contributed by atoms with Crippen LogP contribution in [0.5, 0.6) is 11.5 Å². The smallest absolute Gasteiger partial charge is 0.258 e. The summed E-state index contributed by atoms with van der Waals surface area (Å²) in [4.78, 5) is 23.8. The number of carbonyl (C=O) groups is 2. The second-order valence-corrected chi connectivity index (χ2v) is 6.57. The summed E-state index contributed by atoms with van der Waals surface area (Å²) in [6, 6.07) is 26.1. The molecule has 3 aromatic rings. The molecule has 0 heterocycles. The number of nitrogens with one attached hydrogen (secondary N) is 2. The fourth-order valence-corrected chi connectivity index (χ4v) is 2.61. The van der Waals surface area contributed by atoms with Crippen LogP contribution in [0.25, 0.3) is 0 Å². The second kappa shape index (κ2) is 11.3. The lowest BCUT2D eigenvalue weighted by Crippen LogP contribution is -2.29. The van der Waals surface area contributed by atoms with E-state index in [1.165, 1.54) is 0 Å². The van der Waals surface area contributed by atoms with Crippen LogP contribution in [-0.4, -0.2) is 25.0 Å². The van der Waals surface area contributed by atoms with E-state index < -0.39 is 0 Å². The highest BCUT2D eigenvalue weighted by Gasteiger charge is 2.05. The molecule has 0 unspecified atom stereocenters. The third kappa shape index (κ3) is 7.31. The zero-order valence-corrected chi connectivity index (χ0v) is 16.5. The summed E-state index contributed by atoms with van der Waals surface area (Å²) in [6.07, 6.45) is 0. The van der Waals surface area contributed by atoms with Crippen LogP contribution >= 0.6 is 0 Å². The van der Waals surface area contributed by atoms with Gasteiger partial charge in [-0.15, -0.1) is 0 Å². The maximum Gasteiger partial charge on any atom is 0.258 e. The first-order valence-electron chi connectivity index (χ1n) is 9.66. The third-order valence-corrected chi connectivity index (χ3v) is 4.23. The van der Waals surface area contributed by atoms with E-state index in [0.717, 1.165) is 11.1 Å². The van der Waals surface area contributed by atoms with Crippen LogP contribution in [0.2, 0.25) is 0 Å². The number of rotatable bonds is 10. The summed E-state index contributed by atoms with van der Waals surface area (Å²) in [6.45, 7) is 0.765. The maximum atomic E-state index is 11.9. The van der Waals surface area contributed by atoms with E-state index in [4.69, 9.17) is 9.47 Å². The zero-order valence-electron chi connectivity index (χ0n) is 16.5. The molecule has 2 amide bonds. The fraction of sp³-hybridized carbons (Fsp3) is 0.167. The molecule has 6 nitrogen and oxygen atoms in total. The van der Waals surface area contributed by atoms with E-state index in [1.807, 2.05) is 60.7 Å². The molecule has 0 aliphatic rings. The molecular weight excluding hydrogens is 380 g/mol. The summed E-state index contributed by atoms with van der Waals surface area (Å²) in [5, 5.41) is 5.64. The molecule has 2 N–H and O–H groups in total. The molecule has 6 heteroatoms. The lowest BCUT2D eigenvalue weighted by atomic mass is 10.1. The highest BCUT2D eigenvalue weighted by molar-refractivity contribution is 5.78. The van der Waals surface area contributed by atoms with Gasteiger partial charge in [0.1, 0.15) is 11.5 Å². The molecule has 0 aliphatic carbocycles. The number of ether oxygens (including phenoxy) is 2. The predicted molar refractivity (Wildman–Crippen MR) is 114 cm³/mol. The first-order chi connectivity index (χ1) is 14.7. The second-order valence-electron chi connectivity index (χ2n) is 6.57. The van der Waals surface area contributed by atoms with Gasteiger partial charge in [0.2, 0.25) is 0 Å². The van der Waals surface area contributed by atoms with Crippen LogP contribution in [0.1, 0.15) is 11.1 Å². The van der Waals surface area contributed by atoms with Gasteiger partial charge in [0.25, 0.3) is 11.8 Å². The van der Waals surface area contributed by atoms with Gasteiger partial charge in [-0.05, 0) is 35.4 Å². The monoisotopic (exact) mass is 404 g/mol. The molecule has 154 valence electrons. The summed E-state index contributed by atoms with van der Waals surface area (Å²) in [5.41, 5.74) is 1.93. The maximum absolute atomic E-state index is 11.9. The Morgan fingerprint density at radius 3 is 1.30 bits per heavy atom. The summed E-state index contributed by atoms with van der Waals surface area (Å²) < 4.78 is 10.8. The van der Waals surface area contributed by atoms with E-state index >= 15 is 0 Å². The van der Waals surface area contributed by atoms with Gasteiger partial charge in [0.15, 0.2) is 13.2 Å². The van der Waals surface area contributed by atoms with E-state index in [1.54, 1.807) is 24.3 Å². The topological polar surface area (TPSA) is 76.7 Å². The molecule has 0 atom stereocenters. The fourth-order valence-electron chi connectivity index (χ4n) is 2.61. The summed E-state index contributed by atoms with van der Waals surface area (Å²) >= 11 is 0. The molecule has 0 bridgehead atoms. The van der Waals surface area contributed by atoms with E-state index in [9.17, 15) is 9.59 Å². The Bertz CT molecular complexity index is 850. The van der Waals surface area contributed by atoms with Gasteiger partial charge in [0.05, 0.1) is 0 Å². The Labute approximate surface area is 175 Å². The summed E-state index contributed by atoms with van der Waals surface area (Å²) in [5.74, 6) is 0.948. The lowest BCUT2D eigenvalue weighted by Gasteiger charge is -2.09. The molecule has 3 rings (SSSR count). The Morgan fingerprint density at radius 1 is 0.567 bits per heavy atom. The van der Waals surface area contributed by atoms with Gasteiger partial charge in [0, 0.05) is 13.1 Å². The molecule has 0 aliphatic heterocycles. The van der Waals surface area contributed by atoms with Gasteiger partial charge in [-0.1, -0.05) is 60.7 Å².